The lowest BCUT2D eigenvalue weighted by Crippen LogP contribution is -2.45. The zero-order chi connectivity index (χ0) is 22.6. The first-order valence-corrected chi connectivity index (χ1v) is 11.6. The number of nitrogens with one attached hydrogen (secondary N) is 1. The SMILES string of the molecule is COc1ccc(CN2CCN(c3ccc(OS(=O)(=O)c4cnc[nH]4)cc3)CC2)cc1OC. The molecule has 0 amide bonds. The van der Waals surface area contributed by atoms with E-state index in [1.165, 1.54) is 18.1 Å². The largest absolute Gasteiger partial charge is 0.493 e. The summed E-state index contributed by atoms with van der Waals surface area (Å²) in [4.78, 5) is 10.9. The third kappa shape index (κ3) is 4.97. The third-order valence-electron chi connectivity index (χ3n) is 5.38. The van der Waals surface area contributed by atoms with Crippen LogP contribution in [0.1, 0.15) is 5.56 Å². The van der Waals surface area contributed by atoms with Gasteiger partial charge < -0.3 is 23.5 Å². The number of H-pyrrole nitrogens is 1. The van der Waals surface area contributed by atoms with Crippen LogP contribution in [0.15, 0.2) is 60.0 Å². The number of hydrogen-bond acceptors (Lipinski definition) is 8. The van der Waals surface area contributed by atoms with Gasteiger partial charge in [-0.25, -0.2) is 4.98 Å². The molecule has 1 aliphatic heterocycles. The zero-order valence-corrected chi connectivity index (χ0v) is 18.8. The highest BCUT2D eigenvalue weighted by molar-refractivity contribution is 7.87. The first-order chi connectivity index (χ1) is 15.5. The van der Waals surface area contributed by atoms with Crippen LogP contribution in [0.25, 0.3) is 0 Å². The lowest BCUT2D eigenvalue weighted by atomic mass is 10.1. The van der Waals surface area contributed by atoms with E-state index in [1.54, 1.807) is 26.4 Å². The van der Waals surface area contributed by atoms with Gasteiger partial charge in [-0.15, -0.1) is 0 Å². The molecule has 170 valence electrons. The summed E-state index contributed by atoms with van der Waals surface area (Å²) in [7, 11) is -0.634. The zero-order valence-electron chi connectivity index (χ0n) is 18.0. The average Bonchev–Trinajstić information content (AvgIpc) is 3.36. The van der Waals surface area contributed by atoms with Crippen molar-refractivity contribution >= 4 is 15.8 Å². The van der Waals surface area contributed by atoms with Crippen molar-refractivity contribution in [3.63, 3.8) is 0 Å². The van der Waals surface area contributed by atoms with Crippen LogP contribution in [0.2, 0.25) is 0 Å². The van der Waals surface area contributed by atoms with Gasteiger partial charge in [0.25, 0.3) is 0 Å². The van der Waals surface area contributed by atoms with Crippen LogP contribution in [0, 0.1) is 0 Å². The van der Waals surface area contributed by atoms with Crippen LogP contribution in [0.4, 0.5) is 5.69 Å². The first kappa shape index (κ1) is 22.0. The Hall–Kier alpha value is -3.24. The molecule has 0 saturated carbocycles. The van der Waals surface area contributed by atoms with E-state index in [1.807, 2.05) is 24.3 Å². The Morgan fingerprint density at radius 2 is 1.69 bits per heavy atom. The van der Waals surface area contributed by atoms with Crippen molar-refractivity contribution < 1.29 is 22.1 Å². The van der Waals surface area contributed by atoms with Gasteiger partial charge in [0.1, 0.15) is 5.75 Å². The molecule has 3 aromatic rings. The smallest absolute Gasteiger partial charge is 0.356 e. The molecule has 0 unspecified atom stereocenters. The highest BCUT2D eigenvalue weighted by Gasteiger charge is 2.20. The number of aromatic nitrogens is 2. The molecule has 1 fully saturated rings. The summed E-state index contributed by atoms with van der Waals surface area (Å²) >= 11 is 0. The monoisotopic (exact) mass is 458 g/mol. The molecule has 0 atom stereocenters. The molecule has 0 bridgehead atoms. The molecule has 1 N–H and O–H groups in total. The third-order valence-corrected chi connectivity index (χ3v) is 6.55. The molecule has 2 heterocycles. The summed E-state index contributed by atoms with van der Waals surface area (Å²) < 4.78 is 40.2. The van der Waals surface area contributed by atoms with Crippen molar-refractivity contribution in [1.29, 1.82) is 0 Å². The fraction of sp³-hybridized carbons (Fsp3) is 0.318. The fourth-order valence-corrected chi connectivity index (χ4v) is 4.51. The molecule has 2 aromatic carbocycles. The number of piperazine rings is 1. The molecule has 1 saturated heterocycles. The highest BCUT2D eigenvalue weighted by Crippen LogP contribution is 2.28. The quantitative estimate of drug-likeness (QED) is 0.515. The molecular formula is C22H26N4O5S. The minimum Gasteiger partial charge on any atom is -0.493 e. The van der Waals surface area contributed by atoms with Crippen LogP contribution in [0.5, 0.6) is 17.2 Å². The van der Waals surface area contributed by atoms with Crippen LogP contribution in [-0.4, -0.2) is 63.7 Å². The van der Waals surface area contributed by atoms with Gasteiger partial charge in [0.2, 0.25) is 0 Å². The maximum absolute atomic E-state index is 12.2. The molecule has 1 aliphatic rings. The van der Waals surface area contributed by atoms with Crippen LogP contribution >= 0.6 is 0 Å². The number of nitrogens with zero attached hydrogens (tertiary/aromatic N) is 3. The topological polar surface area (TPSA) is 97.0 Å². The van der Waals surface area contributed by atoms with Gasteiger partial charge in [-0.2, -0.15) is 8.42 Å². The maximum Gasteiger partial charge on any atom is 0.356 e. The van der Waals surface area contributed by atoms with Gasteiger partial charge in [0, 0.05) is 38.4 Å². The Balaban J connectivity index is 1.32. The second-order valence-electron chi connectivity index (χ2n) is 7.40. The number of imidazole rings is 1. The second kappa shape index (κ2) is 9.49. The standard InChI is InChI=1S/C22H26N4O5S/c1-29-20-8-3-17(13-21(20)30-2)15-25-9-11-26(12-10-25)18-4-6-19(7-5-18)31-32(27,28)22-14-23-16-24-22/h3-8,13-14,16H,9-12,15H2,1-2H3,(H,23,24). The molecule has 0 spiro atoms. The van der Waals surface area contributed by atoms with Crippen molar-refractivity contribution in [3.05, 3.63) is 60.6 Å². The Morgan fingerprint density at radius 3 is 2.31 bits per heavy atom. The first-order valence-electron chi connectivity index (χ1n) is 10.2. The normalized spacial score (nSPS) is 14.9. The lowest BCUT2D eigenvalue weighted by Gasteiger charge is -2.36. The summed E-state index contributed by atoms with van der Waals surface area (Å²) in [6, 6.07) is 13.1. The Morgan fingerprint density at radius 1 is 0.969 bits per heavy atom. The van der Waals surface area contributed by atoms with Crippen molar-refractivity contribution in [3.8, 4) is 17.2 Å². The lowest BCUT2D eigenvalue weighted by molar-refractivity contribution is 0.249. The maximum atomic E-state index is 12.2. The van der Waals surface area contributed by atoms with E-state index in [2.05, 4.69) is 25.8 Å². The summed E-state index contributed by atoms with van der Waals surface area (Å²) in [6.45, 7) is 4.42. The molecule has 9 nitrogen and oxygen atoms in total. The predicted molar refractivity (Wildman–Crippen MR) is 120 cm³/mol. The van der Waals surface area contributed by atoms with Gasteiger partial charge in [-0.3, -0.25) is 4.90 Å². The van der Waals surface area contributed by atoms with Crippen LogP contribution < -0.4 is 18.6 Å². The van der Waals surface area contributed by atoms with Gasteiger partial charge >= 0.3 is 10.1 Å². The molecule has 4 rings (SSSR count). The number of ether oxygens (including phenoxy) is 2. The average molecular weight is 459 g/mol. The van der Waals surface area contributed by atoms with Crippen molar-refractivity contribution in [1.82, 2.24) is 14.9 Å². The van der Waals surface area contributed by atoms with Crippen LogP contribution in [0.3, 0.4) is 0 Å². The van der Waals surface area contributed by atoms with E-state index in [0.717, 1.165) is 49.9 Å². The van der Waals surface area contributed by atoms with E-state index < -0.39 is 10.1 Å². The Labute approximate surface area is 187 Å². The number of aromatic amines is 1. The number of methoxy groups -OCH3 is 2. The Bertz CT molecular complexity index is 1130. The second-order valence-corrected chi connectivity index (χ2v) is 8.91. The minimum absolute atomic E-state index is 0.0767. The van der Waals surface area contributed by atoms with Crippen molar-refractivity contribution in [2.45, 2.75) is 11.6 Å². The van der Waals surface area contributed by atoms with E-state index in [9.17, 15) is 8.42 Å². The fourth-order valence-electron chi connectivity index (χ4n) is 3.67. The Kier molecular flexibility index (Phi) is 6.52. The number of benzene rings is 2. The van der Waals surface area contributed by atoms with Gasteiger partial charge in [-0.1, -0.05) is 6.07 Å². The van der Waals surface area contributed by atoms with Crippen molar-refractivity contribution in [2.75, 3.05) is 45.3 Å². The highest BCUT2D eigenvalue weighted by atomic mass is 32.2. The van der Waals surface area contributed by atoms with E-state index >= 15 is 0 Å². The molecule has 0 aliphatic carbocycles. The minimum atomic E-state index is -3.91. The summed E-state index contributed by atoms with van der Waals surface area (Å²) in [5.41, 5.74) is 2.21. The van der Waals surface area contributed by atoms with Crippen LogP contribution in [-0.2, 0) is 16.7 Å². The summed E-state index contributed by atoms with van der Waals surface area (Å²) in [6.07, 6.45) is 2.51. The molecule has 0 radical (unpaired) electrons. The van der Waals surface area contributed by atoms with Gasteiger partial charge in [0.15, 0.2) is 16.5 Å². The van der Waals surface area contributed by atoms with Gasteiger partial charge in [-0.05, 0) is 42.0 Å². The predicted octanol–water partition coefficient (Wildman–Crippen LogP) is 2.52. The molecule has 32 heavy (non-hydrogen) atoms. The molecule has 10 heteroatoms. The van der Waals surface area contributed by atoms with E-state index in [0.29, 0.717) is 0 Å². The number of hydrogen-bond donors (Lipinski definition) is 1. The van der Waals surface area contributed by atoms with Crippen molar-refractivity contribution in [2.24, 2.45) is 0 Å². The molecular weight excluding hydrogens is 432 g/mol. The molecule has 1 aromatic heterocycles. The van der Waals surface area contributed by atoms with Gasteiger partial charge in [0.05, 0.1) is 26.7 Å². The summed E-state index contributed by atoms with van der Waals surface area (Å²) in [5, 5.41) is -0.0767. The number of rotatable bonds is 8. The summed E-state index contributed by atoms with van der Waals surface area (Å²) in [5.74, 6) is 1.72. The van der Waals surface area contributed by atoms with E-state index in [4.69, 9.17) is 13.7 Å². The number of anilines is 1. The van der Waals surface area contributed by atoms with E-state index in [-0.39, 0.29) is 10.8 Å².